The summed E-state index contributed by atoms with van der Waals surface area (Å²) >= 11 is 3.34. The number of hydrogen-bond acceptors (Lipinski definition) is 4. The standard InChI is InChI=1S/C17H10BrNO4/c18-14-7-5-11(6-8-14)16-10-13(17(20)23-16)9-12-3-1-2-4-15(12)19(21)22/h1-10H/b13-9+. The molecular weight excluding hydrogens is 362 g/mol. The van der Waals surface area contributed by atoms with Gasteiger partial charge in [0.1, 0.15) is 5.76 Å². The van der Waals surface area contributed by atoms with Gasteiger partial charge in [-0.2, -0.15) is 0 Å². The van der Waals surface area contributed by atoms with Gasteiger partial charge in [0.2, 0.25) is 0 Å². The van der Waals surface area contributed by atoms with Crippen molar-refractivity contribution < 1.29 is 14.5 Å². The van der Waals surface area contributed by atoms with Crippen LogP contribution in [0.5, 0.6) is 0 Å². The monoisotopic (exact) mass is 371 g/mol. The van der Waals surface area contributed by atoms with Crippen LogP contribution in [0, 0.1) is 10.1 Å². The van der Waals surface area contributed by atoms with E-state index < -0.39 is 10.9 Å². The molecule has 0 spiro atoms. The van der Waals surface area contributed by atoms with Gasteiger partial charge in [-0.15, -0.1) is 0 Å². The van der Waals surface area contributed by atoms with Crippen LogP contribution >= 0.6 is 15.9 Å². The van der Waals surface area contributed by atoms with E-state index in [4.69, 9.17) is 4.74 Å². The fourth-order valence-electron chi connectivity index (χ4n) is 2.19. The number of nitro groups is 1. The number of benzene rings is 2. The highest BCUT2D eigenvalue weighted by Crippen LogP contribution is 2.29. The third-order valence-corrected chi connectivity index (χ3v) is 3.83. The van der Waals surface area contributed by atoms with Gasteiger partial charge in [-0.3, -0.25) is 10.1 Å². The van der Waals surface area contributed by atoms with Gasteiger partial charge in [-0.25, -0.2) is 4.79 Å². The Kier molecular flexibility index (Phi) is 4.08. The van der Waals surface area contributed by atoms with Crippen LogP contribution in [0.2, 0.25) is 0 Å². The summed E-state index contributed by atoms with van der Waals surface area (Å²) in [6, 6.07) is 13.6. The number of carbonyl (C=O) groups excluding carboxylic acids is 1. The van der Waals surface area contributed by atoms with E-state index in [2.05, 4.69) is 15.9 Å². The molecular formula is C17H10BrNO4. The molecule has 0 saturated heterocycles. The lowest BCUT2D eigenvalue weighted by Gasteiger charge is -2.01. The lowest BCUT2D eigenvalue weighted by molar-refractivity contribution is -0.385. The van der Waals surface area contributed by atoms with Crippen molar-refractivity contribution in [3.8, 4) is 0 Å². The molecule has 0 aliphatic carbocycles. The maximum Gasteiger partial charge on any atom is 0.343 e. The first-order valence-corrected chi connectivity index (χ1v) is 7.49. The fourth-order valence-corrected chi connectivity index (χ4v) is 2.45. The lowest BCUT2D eigenvalue weighted by atomic mass is 10.1. The molecule has 1 heterocycles. The Morgan fingerprint density at radius 2 is 1.78 bits per heavy atom. The summed E-state index contributed by atoms with van der Waals surface area (Å²) in [4.78, 5) is 22.5. The normalized spacial score (nSPS) is 15.4. The molecule has 23 heavy (non-hydrogen) atoms. The van der Waals surface area contributed by atoms with Crippen molar-refractivity contribution in [1.82, 2.24) is 0 Å². The number of ether oxygens (including phenoxy) is 1. The second kappa shape index (κ2) is 6.18. The maximum absolute atomic E-state index is 12.0. The Hall–Kier alpha value is -2.73. The molecule has 1 aliphatic rings. The van der Waals surface area contributed by atoms with Gasteiger partial charge in [0.05, 0.1) is 16.1 Å². The number of hydrogen-bond donors (Lipinski definition) is 0. The Morgan fingerprint density at radius 3 is 2.48 bits per heavy atom. The minimum Gasteiger partial charge on any atom is -0.422 e. The molecule has 0 bridgehead atoms. The minimum atomic E-state index is -0.527. The van der Waals surface area contributed by atoms with Gasteiger partial charge in [0.15, 0.2) is 0 Å². The molecule has 0 atom stereocenters. The average molecular weight is 372 g/mol. The van der Waals surface area contributed by atoms with Crippen LogP contribution < -0.4 is 0 Å². The zero-order chi connectivity index (χ0) is 16.4. The number of carbonyl (C=O) groups is 1. The Balaban J connectivity index is 1.99. The number of rotatable bonds is 3. The van der Waals surface area contributed by atoms with Crippen molar-refractivity contribution in [3.63, 3.8) is 0 Å². The molecule has 1 aliphatic heterocycles. The Morgan fingerprint density at radius 1 is 1.09 bits per heavy atom. The molecule has 6 heteroatoms. The molecule has 0 radical (unpaired) electrons. The lowest BCUT2D eigenvalue weighted by Crippen LogP contribution is -1.98. The van der Waals surface area contributed by atoms with Crippen LogP contribution in [-0.2, 0) is 9.53 Å². The Labute approximate surface area is 140 Å². The third-order valence-electron chi connectivity index (χ3n) is 3.30. The van der Waals surface area contributed by atoms with Crippen molar-refractivity contribution in [2.45, 2.75) is 0 Å². The van der Waals surface area contributed by atoms with Crippen molar-refractivity contribution in [2.75, 3.05) is 0 Å². The van der Waals surface area contributed by atoms with E-state index in [1.54, 1.807) is 24.3 Å². The summed E-state index contributed by atoms with van der Waals surface area (Å²) < 4.78 is 6.16. The highest BCUT2D eigenvalue weighted by molar-refractivity contribution is 9.10. The predicted molar refractivity (Wildman–Crippen MR) is 89.3 cm³/mol. The first-order chi connectivity index (χ1) is 11.0. The SMILES string of the molecule is O=C1OC(c2ccc(Br)cc2)=C/C1=C\c1ccccc1[N+](=O)[O-]. The summed E-state index contributed by atoms with van der Waals surface area (Å²) in [7, 11) is 0. The molecule has 114 valence electrons. The number of halogens is 1. The van der Waals surface area contributed by atoms with E-state index in [9.17, 15) is 14.9 Å². The summed E-state index contributed by atoms with van der Waals surface area (Å²) in [5.74, 6) is -0.103. The number of cyclic esters (lactones) is 1. The summed E-state index contributed by atoms with van der Waals surface area (Å²) in [6.45, 7) is 0. The van der Waals surface area contributed by atoms with E-state index in [0.717, 1.165) is 10.0 Å². The number of esters is 1. The van der Waals surface area contributed by atoms with E-state index in [-0.39, 0.29) is 11.3 Å². The molecule has 0 saturated carbocycles. The predicted octanol–water partition coefficient (Wildman–Crippen LogP) is 4.34. The first kappa shape index (κ1) is 15.2. The summed E-state index contributed by atoms with van der Waals surface area (Å²) in [5.41, 5.74) is 1.33. The zero-order valence-electron chi connectivity index (χ0n) is 11.7. The number of nitrogens with zero attached hydrogens (tertiary/aromatic N) is 1. The van der Waals surface area contributed by atoms with Gasteiger partial charge < -0.3 is 4.74 Å². The van der Waals surface area contributed by atoms with E-state index in [0.29, 0.717) is 11.3 Å². The smallest absolute Gasteiger partial charge is 0.343 e. The molecule has 2 aromatic rings. The zero-order valence-corrected chi connectivity index (χ0v) is 13.3. The molecule has 0 fully saturated rings. The van der Waals surface area contributed by atoms with E-state index in [1.807, 2.05) is 24.3 Å². The third kappa shape index (κ3) is 3.22. The van der Waals surface area contributed by atoms with Crippen molar-refractivity contribution in [1.29, 1.82) is 0 Å². The molecule has 0 unspecified atom stereocenters. The van der Waals surface area contributed by atoms with E-state index >= 15 is 0 Å². The Bertz CT molecular complexity index is 853. The van der Waals surface area contributed by atoms with Crippen LogP contribution in [0.15, 0.2) is 64.7 Å². The van der Waals surface area contributed by atoms with Gasteiger partial charge in [-0.1, -0.05) is 40.2 Å². The maximum atomic E-state index is 12.0. The van der Waals surface area contributed by atoms with Crippen LogP contribution in [0.1, 0.15) is 11.1 Å². The van der Waals surface area contributed by atoms with E-state index in [1.165, 1.54) is 12.1 Å². The van der Waals surface area contributed by atoms with Crippen LogP contribution in [0.4, 0.5) is 5.69 Å². The largest absolute Gasteiger partial charge is 0.422 e. The minimum absolute atomic E-state index is 0.0571. The van der Waals surface area contributed by atoms with Crippen molar-refractivity contribution in [3.05, 3.63) is 85.9 Å². The molecule has 0 aromatic heterocycles. The highest BCUT2D eigenvalue weighted by Gasteiger charge is 2.23. The number of nitro benzene ring substituents is 1. The van der Waals surface area contributed by atoms with Crippen LogP contribution in [0.3, 0.4) is 0 Å². The highest BCUT2D eigenvalue weighted by atomic mass is 79.9. The van der Waals surface area contributed by atoms with Crippen LogP contribution in [0.25, 0.3) is 11.8 Å². The average Bonchev–Trinajstić information content (AvgIpc) is 2.89. The quantitative estimate of drug-likeness (QED) is 0.348. The van der Waals surface area contributed by atoms with Gasteiger partial charge in [-0.05, 0) is 30.4 Å². The van der Waals surface area contributed by atoms with Crippen LogP contribution in [-0.4, -0.2) is 10.9 Å². The van der Waals surface area contributed by atoms with Crippen molar-refractivity contribution in [2.24, 2.45) is 0 Å². The second-order valence-corrected chi connectivity index (χ2v) is 5.74. The second-order valence-electron chi connectivity index (χ2n) is 4.82. The fraction of sp³-hybridized carbons (Fsp3) is 0. The first-order valence-electron chi connectivity index (χ1n) is 6.69. The van der Waals surface area contributed by atoms with Gasteiger partial charge in [0, 0.05) is 16.1 Å². The molecule has 5 nitrogen and oxygen atoms in total. The molecule has 0 N–H and O–H groups in total. The molecule has 3 rings (SSSR count). The van der Waals surface area contributed by atoms with Gasteiger partial charge >= 0.3 is 5.97 Å². The topological polar surface area (TPSA) is 69.4 Å². The summed E-state index contributed by atoms with van der Waals surface area (Å²) in [5, 5.41) is 11.0. The van der Waals surface area contributed by atoms with Crippen molar-refractivity contribution >= 4 is 39.4 Å². The molecule has 0 amide bonds. The number of para-hydroxylation sites is 1. The summed E-state index contributed by atoms with van der Waals surface area (Å²) in [6.07, 6.45) is 3.05. The molecule has 2 aromatic carbocycles. The van der Waals surface area contributed by atoms with Gasteiger partial charge in [0.25, 0.3) is 5.69 Å².